The Hall–Kier alpha value is -0.820. The molecule has 0 unspecified atom stereocenters. The molecule has 2 N–H and O–H groups in total. The second kappa shape index (κ2) is 4.58. The van der Waals surface area contributed by atoms with Gasteiger partial charge in [0.15, 0.2) is 0 Å². The molecule has 1 fully saturated rings. The van der Waals surface area contributed by atoms with E-state index in [1.807, 2.05) is 0 Å². The number of nitrogens with two attached hydrogens (primary N) is 1. The van der Waals surface area contributed by atoms with Gasteiger partial charge in [0.05, 0.1) is 0 Å². The monoisotopic (exact) mass is 217 g/mol. The molecule has 0 saturated heterocycles. The van der Waals surface area contributed by atoms with Crippen LogP contribution in [0.4, 0.5) is 0 Å². The van der Waals surface area contributed by atoms with Crippen LogP contribution in [0.2, 0.25) is 0 Å². The molecular weight excluding hydrogens is 194 g/mol. The van der Waals surface area contributed by atoms with Crippen molar-refractivity contribution in [3.63, 3.8) is 0 Å². The van der Waals surface area contributed by atoms with E-state index in [1.54, 1.807) is 0 Å². The van der Waals surface area contributed by atoms with Crippen LogP contribution in [-0.4, -0.2) is 0 Å². The maximum Gasteiger partial charge on any atom is 0.0412 e. The second-order valence-electron chi connectivity index (χ2n) is 5.06. The average molecular weight is 217 g/mol. The summed E-state index contributed by atoms with van der Waals surface area (Å²) in [6.07, 6.45) is 7.09. The fourth-order valence-corrected chi connectivity index (χ4v) is 2.89. The number of rotatable bonds is 3. The Morgan fingerprint density at radius 3 is 2.38 bits per heavy atom. The van der Waals surface area contributed by atoms with Crippen LogP contribution in [0.25, 0.3) is 0 Å². The SMILES string of the molecule is CCc1ccc(CC)c(C2(N)CCCC2)c1. The summed E-state index contributed by atoms with van der Waals surface area (Å²) in [5, 5.41) is 0. The Balaban J connectivity index is 2.43. The average Bonchev–Trinajstić information content (AvgIpc) is 2.76. The third kappa shape index (κ3) is 2.01. The molecule has 1 aliphatic carbocycles. The molecular formula is C15H23N. The molecule has 0 aliphatic heterocycles. The first-order valence-corrected chi connectivity index (χ1v) is 6.61. The largest absolute Gasteiger partial charge is 0.321 e. The van der Waals surface area contributed by atoms with Gasteiger partial charge in [-0.1, -0.05) is 44.9 Å². The molecule has 0 spiro atoms. The molecule has 1 nitrogen and oxygen atoms in total. The zero-order chi connectivity index (χ0) is 11.6. The molecule has 1 aliphatic rings. The number of hydrogen-bond donors (Lipinski definition) is 1. The van der Waals surface area contributed by atoms with Crippen LogP contribution in [0.15, 0.2) is 18.2 Å². The lowest BCUT2D eigenvalue weighted by Crippen LogP contribution is -2.34. The predicted molar refractivity (Wildman–Crippen MR) is 69.5 cm³/mol. The summed E-state index contributed by atoms with van der Waals surface area (Å²) in [6.45, 7) is 4.44. The molecule has 0 radical (unpaired) electrons. The van der Waals surface area contributed by atoms with E-state index in [2.05, 4.69) is 32.0 Å². The van der Waals surface area contributed by atoms with E-state index in [1.165, 1.54) is 29.5 Å². The van der Waals surface area contributed by atoms with Gasteiger partial charge in [0.2, 0.25) is 0 Å². The van der Waals surface area contributed by atoms with Gasteiger partial charge in [-0.3, -0.25) is 0 Å². The van der Waals surface area contributed by atoms with Gasteiger partial charge in [0.25, 0.3) is 0 Å². The Kier molecular flexibility index (Phi) is 3.34. The van der Waals surface area contributed by atoms with Gasteiger partial charge in [-0.15, -0.1) is 0 Å². The van der Waals surface area contributed by atoms with Gasteiger partial charge in [0.1, 0.15) is 0 Å². The molecule has 0 amide bonds. The van der Waals surface area contributed by atoms with E-state index < -0.39 is 0 Å². The zero-order valence-corrected chi connectivity index (χ0v) is 10.6. The minimum atomic E-state index is -0.0312. The van der Waals surface area contributed by atoms with Crippen LogP contribution in [0, 0.1) is 0 Å². The first-order valence-electron chi connectivity index (χ1n) is 6.61. The van der Waals surface area contributed by atoms with E-state index in [0.29, 0.717) is 0 Å². The summed E-state index contributed by atoms with van der Waals surface area (Å²) < 4.78 is 0. The lowest BCUT2D eigenvalue weighted by Gasteiger charge is -2.27. The van der Waals surface area contributed by atoms with E-state index in [9.17, 15) is 0 Å². The van der Waals surface area contributed by atoms with Crippen molar-refractivity contribution >= 4 is 0 Å². The Morgan fingerprint density at radius 2 is 1.81 bits per heavy atom. The van der Waals surface area contributed by atoms with Crippen molar-refractivity contribution in [2.24, 2.45) is 5.73 Å². The summed E-state index contributed by atoms with van der Waals surface area (Å²) in [4.78, 5) is 0. The first kappa shape index (κ1) is 11.7. The smallest absolute Gasteiger partial charge is 0.0412 e. The van der Waals surface area contributed by atoms with Crippen LogP contribution in [0.5, 0.6) is 0 Å². The third-order valence-electron chi connectivity index (χ3n) is 4.00. The second-order valence-corrected chi connectivity index (χ2v) is 5.06. The third-order valence-corrected chi connectivity index (χ3v) is 4.00. The standard InChI is InChI=1S/C15H23N/c1-3-12-7-8-13(4-2)14(11-12)15(16)9-5-6-10-15/h7-8,11H,3-6,9-10,16H2,1-2H3. The topological polar surface area (TPSA) is 26.0 Å². The molecule has 1 aromatic carbocycles. The minimum absolute atomic E-state index is 0.0312. The molecule has 0 heterocycles. The number of hydrogen-bond acceptors (Lipinski definition) is 1. The lowest BCUT2D eigenvalue weighted by atomic mass is 9.84. The molecule has 88 valence electrons. The van der Waals surface area contributed by atoms with E-state index in [4.69, 9.17) is 5.73 Å². The summed E-state index contributed by atoms with van der Waals surface area (Å²) in [5.41, 5.74) is 10.8. The molecule has 0 bridgehead atoms. The highest BCUT2D eigenvalue weighted by Crippen LogP contribution is 2.38. The summed E-state index contributed by atoms with van der Waals surface area (Å²) in [6, 6.07) is 6.88. The van der Waals surface area contributed by atoms with E-state index in [-0.39, 0.29) is 5.54 Å². The lowest BCUT2D eigenvalue weighted by molar-refractivity contribution is 0.457. The van der Waals surface area contributed by atoms with Crippen molar-refractivity contribution in [2.75, 3.05) is 0 Å². The molecule has 0 atom stereocenters. The first-order chi connectivity index (χ1) is 7.69. The Labute approximate surface area is 99.0 Å². The Bertz CT molecular complexity index is 362. The highest BCUT2D eigenvalue weighted by molar-refractivity contribution is 5.38. The van der Waals surface area contributed by atoms with Crippen LogP contribution < -0.4 is 5.73 Å². The van der Waals surface area contributed by atoms with Gasteiger partial charge < -0.3 is 5.73 Å². The van der Waals surface area contributed by atoms with Gasteiger partial charge >= 0.3 is 0 Å². The molecule has 1 aromatic rings. The zero-order valence-electron chi connectivity index (χ0n) is 10.6. The van der Waals surface area contributed by atoms with Crippen LogP contribution >= 0.6 is 0 Å². The summed E-state index contributed by atoms with van der Waals surface area (Å²) >= 11 is 0. The molecule has 0 aromatic heterocycles. The normalized spacial score (nSPS) is 18.9. The van der Waals surface area contributed by atoms with Crippen molar-refractivity contribution in [1.29, 1.82) is 0 Å². The summed E-state index contributed by atoms with van der Waals surface area (Å²) in [5.74, 6) is 0. The highest BCUT2D eigenvalue weighted by atomic mass is 14.8. The maximum absolute atomic E-state index is 6.58. The quantitative estimate of drug-likeness (QED) is 0.823. The van der Waals surface area contributed by atoms with Gasteiger partial charge in [-0.2, -0.15) is 0 Å². The summed E-state index contributed by atoms with van der Waals surface area (Å²) in [7, 11) is 0. The van der Waals surface area contributed by atoms with Crippen LogP contribution in [0.1, 0.15) is 56.2 Å². The van der Waals surface area contributed by atoms with Gasteiger partial charge in [-0.05, 0) is 42.4 Å². The van der Waals surface area contributed by atoms with Crippen molar-refractivity contribution < 1.29 is 0 Å². The molecule has 1 heteroatoms. The fraction of sp³-hybridized carbons (Fsp3) is 0.600. The molecule has 16 heavy (non-hydrogen) atoms. The van der Waals surface area contributed by atoms with Crippen LogP contribution in [-0.2, 0) is 18.4 Å². The number of aryl methyl sites for hydroxylation is 2. The van der Waals surface area contributed by atoms with Gasteiger partial charge in [0, 0.05) is 5.54 Å². The van der Waals surface area contributed by atoms with E-state index >= 15 is 0 Å². The maximum atomic E-state index is 6.58. The van der Waals surface area contributed by atoms with Gasteiger partial charge in [-0.25, -0.2) is 0 Å². The van der Waals surface area contributed by atoms with Crippen molar-refractivity contribution in [3.05, 3.63) is 34.9 Å². The highest BCUT2D eigenvalue weighted by Gasteiger charge is 2.32. The van der Waals surface area contributed by atoms with Crippen molar-refractivity contribution in [3.8, 4) is 0 Å². The molecule has 2 rings (SSSR count). The number of benzene rings is 1. The Morgan fingerprint density at radius 1 is 1.12 bits per heavy atom. The van der Waals surface area contributed by atoms with Crippen molar-refractivity contribution in [2.45, 2.75) is 57.9 Å². The molecule has 1 saturated carbocycles. The van der Waals surface area contributed by atoms with E-state index in [0.717, 1.165) is 25.7 Å². The van der Waals surface area contributed by atoms with Crippen LogP contribution in [0.3, 0.4) is 0 Å². The predicted octanol–water partition coefficient (Wildman–Crippen LogP) is 3.54. The minimum Gasteiger partial charge on any atom is -0.321 e. The fourth-order valence-electron chi connectivity index (χ4n) is 2.89. The van der Waals surface area contributed by atoms with Crippen molar-refractivity contribution in [1.82, 2.24) is 0 Å².